The topological polar surface area (TPSA) is 96.0 Å². The summed E-state index contributed by atoms with van der Waals surface area (Å²) in [6, 6.07) is 26.7. The molecule has 242 valence electrons. The quantitative estimate of drug-likeness (QED) is 0.207. The van der Waals surface area contributed by atoms with Gasteiger partial charge in [0.2, 0.25) is 11.8 Å². The summed E-state index contributed by atoms with van der Waals surface area (Å²) in [4.78, 5) is 29.8. The summed E-state index contributed by atoms with van der Waals surface area (Å²) < 4.78 is 48.3. The molecule has 0 aromatic heterocycles. The predicted molar refractivity (Wildman–Crippen MR) is 177 cm³/mol. The predicted octanol–water partition coefficient (Wildman–Crippen LogP) is 5.89. The minimum atomic E-state index is -4.33. The first-order chi connectivity index (χ1) is 21.8. The number of methoxy groups -OCH3 is 1. The van der Waals surface area contributed by atoms with E-state index in [1.54, 1.807) is 42.5 Å². The van der Waals surface area contributed by atoms with Crippen LogP contribution in [0.2, 0.25) is 0 Å². The van der Waals surface area contributed by atoms with Gasteiger partial charge >= 0.3 is 0 Å². The summed E-state index contributed by atoms with van der Waals surface area (Å²) >= 11 is 0. The van der Waals surface area contributed by atoms with E-state index >= 15 is 0 Å². The lowest BCUT2D eigenvalue weighted by Gasteiger charge is -2.35. The fourth-order valence-electron chi connectivity index (χ4n) is 4.95. The molecule has 4 rings (SSSR count). The normalized spacial score (nSPS) is 12.2. The van der Waals surface area contributed by atoms with Gasteiger partial charge in [-0.25, -0.2) is 12.8 Å². The van der Waals surface area contributed by atoms with Gasteiger partial charge in [0, 0.05) is 18.5 Å². The standard InChI is InChI=1S/C36H40FN3O5S/c1-26-14-18-30(19-15-26)40(46(43,44)32-20-16-29(37)17-21-32)25-34(41)39(24-28-12-9-13-31(22-28)45-5)33(35(42)38-36(2,3)4)23-27-10-7-6-8-11-27/h6-22,33H,23-25H2,1-5H3,(H,38,42). The highest BCUT2D eigenvalue weighted by atomic mass is 32.2. The fourth-order valence-corrected chi connectivity index (χ4v) is 6.36. The lowest BCUT2D eigenvalue weighted by molar-refractivity contribution is -0.140. The van der Waals surface area contributed by atoms with Crippen molar-refractivity contribution in [3.05, 3.63) is 126 Å². The maximum atomic E-state index is 14.5. The second-order valence-electron chi connectivity index (χ2n) is 12.1. The Morgan fingerprint density at radius 2 is 1.50 bits per heavy atom. The maximum absolute atomic E-state index is 14.5. The van der Waals surface area contributed by atoms with E-state index in [0.29, 0.717) is 11.3 Å². The van der Waals surface area contributed by atoms with Crippen LogP contribution in [0.4, 0.5) is 10.1 Å². The summed E-state index contributed by atoms with van der Waals surface area (Å²) in [5, 5.41) is 3.01. The van der Waals surface area contributed by atoms with Crippen LogP contribution in [0.5, 0.6) is 5.75 Å². The second kappa shape index (κ2) is 14.6. The monoisotopic (exact) mass is 645 g/mol. The fraction of sp³-hybridized carbons (Fsp3) is 0.278. The highest BCUT2D eigenvalue weighted by molar-refractivity contribution is 7.92. The van der Waals surface area contributed by atoms with Gasteiger partial charge in [-0.15, -0.1) is 0 Å². The van der Waals surface area contributed by atoms with Crippen LogP contribution < -0.4 is 14.4 Å². The third-order valence-corrected chi connectivity index (χ3v) is 9.05. The zero-order valence-electron chi connectivity index (χ0n) is 26.7. The molecule has 0 saturated carbocycles. The second-order valence-corrected chi connectivity index (χ2v) is 14.0. The molecule has 46 heavy (non-hydrogen) atoms. The molecular weight excluding hydrogens is 605 g/mol. The minimum Gasteiger partial charge on any atom is -0.497 e. The molecule has 0 fully saturated rings. The number of aryl methyl sites for hydroxylation is 1. The van der Waals surface area contributed by atoms with Crippen LogP contribution in [-0.4, -0.2) is 50.4 Å². The summed E-state index contributed by atoms with van der Waals surface area (Å²) in [7, 11) is -2.79. The van der Waals surface area contributed by atoms with Gasteiger partial charge in [-0.1, -0.05) is 60.2 Å². The van der Waals surface area contributed by atoms with Crippen molar-refractivity contribution in [3.8, 4) is 5.75 Å². The molecule has 8 nitrogen and oxygen atoms in total. The molecule has 0 radical (unpaired) electrons. The van der Waals surface area contributed by atoms with Crippen LogP contribution in [0.15, 0.2) is 108 Å². The number of ether oxygens (including phenoxy) is 1. The lowest BCUT2D eigenvalue weighted by Crippen LogP contribution is -2.56. The third-order valence-electron chi connectivity index (χ3n) is 7.26. The van der Waals surface area contributed by atoms with Gasteiger partial charge < -0.3 is 15.0 Å². The first kappa shape index (κ1) is 34.2. The number of carbonyl (C=O) groups excluding carboxylic acids is 2. The highest BCUT2D eigenvalue weighted by Gasteiger charge is 2.35. The molecule has 1 N–H and O–H groups in total. The Balaban J connectivity index is 1.82. The number of anilines is 1. The Labute approximate surface area is 270 Å². The van der Waals surface area contributed by atoms with Crippen LogP contribution in [0, 0.1) is 12.7 Å². The van der Waals surface area contributed by atoms with Crippen LogP contribution in [0.1, 0.15) is 37.5 Å². The summed E-state index contributed by atoms with van der Waals surface area (Å²) in [6.45, 7) is 6.82. The van der Waals surface area contributed by atoms with Crippen LogP contribution >= 0.6 is 0 Å². The Bertz CT molecular complexity index is 1740. The van der Waals surface area contributed by atoms with Gasteiger partial charge in [-0.05, 0) is 87.4 Å². The van der Waals surface area contributed by atoms with Crippen LogP contribution in [-0.2, 0) is 32.6 Å². The number of hydrogen-bond donors (Lipinski definition) is 1. The smallest absolute Gasteiger partial charge is 0.264 e. The molecule has 4 aromatic carbocycles. The molecule has 0 aliphatic rings. The molecule has 0 bridgehead atoms. The van der Waals surface area contributed by atoms with Crippen molar-refractivity contribution in [2.24, 2.45) is 0 Å². The van der Waals surface area contributed by atoms with E-state index in [1.165, 1.54) is 24.1 Å². The van der Waals surface area contributed by atoms with Gasteiger partial charge in [0.1, 0.15) is 24.2 Å². The van der Waals surface area contributed by atoms with Crippen molar-refractivity contribution >= 4 is 27.5 Å². The zero-order chi connectivity index (χ0) is 33.5. The van der Waals surface area contributed by atoms with Gasteiger partial charge in [0.25, 0.3) is 10.0 Å². The van der Waals surface area contributed by atoms with E-state index in [4.69, 9.17) is 4.74 Å². The molecule has 0 heterocycles. The third kappa shape index (κ3) is 8.94. The Hall–Kier alpha value is -4.70. The first-order valence-corrected chi connectivity index (χ1v) is 16.3. The van der Waals surface area contributed by atoms with E-state index in [9.17, 15) is 22.4 Å². The van der Waals surface area contributed by atoms with Gasteiger partial charge in [-0.3, -0.25) is 13.9 Å². The molecular formula is C36H40FN3O5S. The number of amides is 2. The summed E-state index contributed by atoms with van der Waals surface area (Å²) in [5.74, 6) is -0.992. The molecule has 4 aromatic rings. The highest BCUT2D eigenvalue weighted by Crippen LogP contribution is 2.26. The summed E-state index contributed by atoms with van der Waals surface area (Å²) in [5.41, 5.74) is 2.07. The number of hydrogen-bond acceptors (Lipinski definition) is 5. The van der Waals surface area contributed by atoms with E-state index in [2.05, 4.69) is 5.32 Å². The van der Waals surface area contributed by atoms with Gasteiger partial charge in [0.15, 0.2) is 0 Å². The van der Waals surface area contributed by atoms with Crippen molar-refractivity contribution in [2.75, 3.05) is 18.0 Å². The van der Waals surface area contributed by atoms with Gasteiger partial charge in [0.05, 0.1) is 17.7 Å². The van der Waals surface area contributed by atoms with E-state index in [1.807, 2.05) is 64.1 Å². The molecule has 0 saturated heterocycles. The van der Waals surface area contributed by atoms with Crippen molar-refractivity contribution in [2.45, 2.75) is 57.1 Å². The van der Waals surface area contributed by atoms with Crippen molar-refractivity contribution in [1.29, 1.82) is 0 Å². The van der Waals surface area contributed by atoms with Crippen molar-refractivity contribution < 1.29 is 27.1 Å². The molecule has 0 aliphatic heterocycles. The number of benzene rings is 4. The largest absolute Gasteiger partial charge is 0.497 e. The number of nitrogens with one attached hydrogen (secondary N) is 1. The molecule has 1 unspecified atom stereocenters. The van der Waals surface area contributed by atoms with Crippen LogP contribution in [0.25, 0.3) is 0 Å². The molecule has 10 heteroatoms. The SMILES string of the molecule is COc1cccc(CN(C(=O)CN(c2ccc(C)cc2)S(=O)(=O)c2ccc(F)cc2)C(Cc2ccccc2)C(=O)NC(C)(C)C)c1. The Kier molecular flexibility index (Phi) is 10.8. The number of carbonyl (C=O) groups is 2. The lowest BCUT2D eigenvalue weighted by atomic mass is 10.0. The van der Waals surface area contributed by atoms with Crippen molar-refractivity contribution in [1.82, 2.24) is 10.2 Å². The number of halogens is 1. The van der Waals surface area contributed by atoms with E-state index in [-0.39, 0.29) is 29.5 Å². The maximum Gasteiger partial charge on any atom is 0.264 e. The molecule has 2 amide bonds. The van der Waals surface area contributed by atoms with E-state index < -0.39 is 39.9 Å². The first-order valence-electron chi connectivity index (χ1n) is 14.9. The minimum absolute atomic E-state index is 0.00340. The Morgan fingerprint density at radius 3 is 2.11 bits per heavy atom. The number of rotatable bonds is 12. The molecule has 0 aliphatic carbocycles. The van der Waals surface area contributed by atoms with Crippen molar-refractivity contribution in [3.63, 3.8) is 0 Å². The number of sulfonamides is 1. The zero-order valence-corrected chi connectivity index (χ0v) is 27.6. The average molecular weight is 646 g/mol. The van der Waals surface area contributed by atoms with Crippen LogP contribution in [0.3, 0.4) is 0 Å². The van der Waals surface area contributed by atoms with E-state index in [0.717, 1.165) is 27.6 Å². The Morgan fingerprint density at radius 1 is 0.870 bits per heavy atom. The molecule has 0 spiro atoms. The molecule has 1 atom stereocenters. The van der Waals surface area contributed by atoms with Gasteiger partial charge in [-0.2, -0.15) is 0 Å². The number of nitrogens with zero attached hydrogens (tertiary/aromatic N) is 2. The summed E-state index contributed by atoms with van der Waals surface area (Å²) in [6.07, 6.45) is 0.188. The average Bonchev–Trinajstić information content (AvgIpc) is 3.02.